The van der Waals surface area contributed by atoms with Gasteiger partial charge in [-0.15, -0.1) is 0 Å². The van der Waals surface area contributed by atoms with E-state index in [1.54, 1.807) is 11.3 Å². The predicted molar refractivity (Wildman–Crippen MR) is 76.8 cm³/mol. The summed E-state index contributed by atoms with van der Waals surface area (Å²) in [6.07, 6.45) is 1.84. The van der Waals surface area contributed by atoms with Gasteiger partial charge in [-0.25, -0.2) is 4.98 Å². The van der Waals surface area contributed by atoms with Crippen LogP contribution in [0.15, 0.2) is 24.4 Å². The van der Waals surface area contributed by atoms with E-state index >= 15 is 0 Å². The molecular weight excluding hydrogens is 268 g/mol. The minimum atomic E-state index is 0.532. The second-order valence-corrected chi connectivity index (χ2v) is 5.38. The fraction of sp³-hybridized carbons (Fsp3) is 0.308. The Labute approximate surface area is 116 Å². The molecular formula is C13H15ClN2OS. The highest BCUT2D eigenvalue weighted by Gasteiger charge is 2.03. The number of aryl methyl sites for hydroxylation is 1. The lowest BCUT2D eigenvalue weighted by Gasteiger charge is -2.06. The maximum absolute atomic E-state index is 5.96. The largest absolute Gasteiger partial charge is 0.488 e. The van der Waals surface area contributed by atoms with E-state index < -0.39 is 0 Å². The minimum absolute atomic E-state index is 0.532. The first-order valence-electron chi connectivity index (χ1n) is 5.76. The van der Waals surface area contributed by atoms with Gasteiger partial charge in [0.05, 0.1) is 4.88 Å². The number of hydrogen-bond acceptors (Lipinski definition) is 4. The molecule has 0 aliphatic carbocycles. The Kier molecular flexibility index (Phi) is 4.44. The Balaban J connectivity index is 1.95. The van der Waals surface area contributed by atoms with Gasteiger partial charge in [0.1, 0.15) is 12.4 Å². The molecule has 0 atom stereocenters. The standard InChI is InChI=1S/C13H15ClN2OS/c1-3-15-13-16-7-11(18-13)8-17-10-4-5-12(14)9(2)6-10/h4-7H,3,8H2,1-2H3,(H,15,16). The van der Waals surface area contributed by atoms with Crippen molar-refractivity contribution in [2.24, 2.45) is 0 Å². The van der Waals surface area contributed by atoms with Gasteiger partial charge in [-0.05, 0) is 37.6 Å². The summed E-state index contributed by atoms with van der Waals surface area (Å²) in [6.45, 7) is 5.42. The topological polar surface area (TPSA) is 34.2 Å². The normalized spacial score (nSPS) is 10.4. The maximum Gasteiger partial charge on any atom is 0.182 e. The number of anilines is 1. The van der Waals surface area contributed by atoms with Crippen LogP contribution in [0.5, 0.6) is 5.75 Å². The molecule has 0 radical (unpaired) electrons. The van der Waals surface area contributed by atoms with Crippen LogP contribution in [0, 0.1) is 6.92 Å². The lowest BCUT2D eigenvalue weighted by molar-refractivity contribution is 0.309. The molecule has 0 aliphatic heterocycles. The van der Waals surface area contributed by atoms with Crippen molar-refractivity contribution in [1.82, 2.24) is 4.98 Å². The van der Waals surface area contributed by atoms with Crippen molar-refractivity contribution < 1.29 is 4.74 Å². The molecule has 1 aromatic heterocycles. The molecule has 0 aliphatic rings. The van der Waals surface area contributed by atoms with Crippen molar-refractivity contribution in [3.05, 3.63) is 39.9 Å². The van der Waals surface area contributed by atoms with Gasteiger partial charge in [0.2, 0.25) is 0 Å². The average molecular weight is 283 g/mol. The molecule has 96 valence electrons. The molecule has 2 aromatic rings. The Hall–Kier alpha value is -1.26. The number of nitrogens with zero attached hydrogens (tertiary/aromatic N) is 1. The van der Waals surface area contributed by atoms with Gasteiger partial charge >= 0.3 is 0 Å². The third-order valence-corrected chi connectivity index (χ3v) is 3.74. The summed E-state index contributed by atoms with van der Waals surface area (Å²) in [7, 11) is 0. The van der Waals surface area contributed by atoms with Crippen molar-refractivity contribution >= 4 is 28.1 Å². The first kappa shape index (κ1) is 13.2. The summed E-state index contributed by atoms with van der Waals surface area (Å²) in [6, 6.07) is 5.67. The van der Waals surface area contributed by atoms with E-state index in [-0.39, 0.29) is 0 Å². The van der Waals surface area contributed by atoms with E-state index in [1.165, 1.54) is 0 Å². The molecule has 0 spiro atoms. The molecule has 3 nitrogen and oxygen atoms in total. The van der Waals surface area contributed by atoms with Crippen molar-refractivity contribution in [3.63, 3.8) is 0 Å². The van der Waals surface area contributed by atoms with Crippen LogP contribution < -0.4 is 10.1 Å². The minimum Gasteiger partial charge on any atom is -0.488 e. The van der Waals surface area contributed by atoms with E-state index in [0.29, 0.717) is 6.61 Å². The summed E-state index contributed by atoms with van der Waals surface area (Å²) in [5, 5.41) is 4.87. The summed E-state index contributed by atoms with van der Waals surface area (Å²) < 4.78 is 5.70. The highest BCUT2D eigenvalue weighted by molar-refractivity contribution is 7.15. The van der Waals surface area contributed by atoms with Crippen molar-refractivity contribution in [3.8, 4) is 5.75 Å². The first-order valence-corrected chi connectivity index (χ1v) is 6.96. The smallest absolute Gasteiger partial charge is 0.182 e. The second-order valence-electron chi connectivity index (χ2n) is 3.86. The number of hydrogen-bond donors (Lipinski definition) is 1. The van der Waals surface area contributed by atoms with E-state index in [4.69, 9.17) is 16.3 Å². The van der Waals surface area contributed by atoms with Crippen LogP contribution in [0.25, 0.3) is 0 Å². The van der Waals surface area contributed by atoms with Gasteiger partial charge in [-0.1, -0.05) is 22.9 Å². The SMILES string of the molecule is CCNc1ncc(COc2ccc(Cl)c(C)c2)s1. The number of nitrogens with one attached hydrogen (secondary N) is 1. The number of thiazole rings is 1. The van der Waals surface area contributed by atoms with Crippen LogP contribution >= 0.6 is 22.9 Å². The Morgan fingerprint density at radius 2 is 2.28 bits per heavy atom. The highest BCUT2D eigenvalue weighted by Crippen LogP contribution is 2.23. The van der Waals surface area contributed by atoms with E-state index in [2.05, 4.69) is 10.3 Å². The molecule has 0 unspecified atom stereocenters. The van der Waals surface area contributed by atoms with Crippen LogP contribution in [0.1, 0.15) is 17.4 Å². The molecule has 1 heterocycles. The third-order valence-electron chi connectivity index (χ3n) is 2.39. The number of benzene rings is 1. The fourth-order valence-electron chi connectivity index (χ4n) is 1.47. The van der Waals surface area contributed by atoms with E-state index in [1.807, 2.05) is 38.2 Å². The summed E-state index contributed by atoms with van der Waals surface area (Å²) >= 11 is 7.57. The summed E-state index contributed by atoms with van der Waals surface area (Å²) in [4.78, 5) is 5.35. The van der Waals surface area contributed by atoms with Gasteiger partial charge in [0.15, 0.2) is 5.13 Å². The zero-order valence-electron chi connectivity index (χ0n) is 10.4. The van der Waals surface area contributed by atoms with Gasteiger partial charge in [-0.2, -0.15) is 0 Å². The lowest BCUT2D eigenvalue weighted by Crippen LogP contribution is -1.94. The monoisotopic (exact) mass is 282 g/mol. The van der Waals surface area contributed by atoms with Crippen LogP contribution in [0.3, 0.4) is 0 Å². The molecule has 0 bridgehead atoms. The third kappa shape index (κ3) is 3.37. The van der Waals surface area contributed by atoms with E-state index in [9.17, 15) is 0 Å². The van der Waals surface area contributed by atoms with E-state index in [0.717, 1.165) is 32.9 Å². The van der Waals surface area contributed by atoms with Crippen LogP contribution in [0.4, 0.5) is 5.13 Å². The first-order chi connectivity index (χ1) is 8.69. The van der Waals surface area contributed by atoms with Gasteiger partial charge in [0, 0.05) is 17.8 Å². The van der Waals surface area contributed by atoms with Crippen molar-refractivity contribution in [2.45, 2.75) is 20.5 Å². The molecule has 5 heteroatoms. The number of rotatable bonds is 5. The van der Waals surface area contributed by atoms with Gasteiger partial charge < -0.3 is 10.1 Å². The Morgan fingerprint density at radius 3 is 3.00 bits per heavy atom. The van der Waals surface area contributed by atoms with Crippen LogP contribution in [0.2, 0.25) is 5.02 Å². The molecule has 0 saturated carbocycles. The molecule has 0 amide bonds. The Morgan fingerprint density at radius 1 is 1.44 bits per heavy atom. The molecule has 18 heavy (non-hydrogen) atoms. The van der Waals surface area contributed by atoms with Gasteiger partial charge in [-0.3, -0.25) is 0 Å². The summed E-state index contributed by atoms with van der Waals surface area (Å²) in [5.41, 5.74) is 1.02. The number of halogens is 1. The van der Waals surface area contributed by atoms with Crippen LogP contribution in [-0.2, 0) is 6.61 Å². The average Bonchev–Trinajstić information content (AvgIpc) is 2.79. The zero-order valence-corrected chi connectivity index (χ0v) is 11.9. The fourth-order valence-corrected chi connectivity index (χ4v) is 2.38. The van der Waals surface area contributed by atoms with Crippen molar-refractivity contribution in [1.29, 1.82) is 0 Å². The zero-order chi connectivity index (χ0) is 13.0. The second kappa shape index (κ2) is 6.07. The molecule has 2 rings (SSSR count). The van der Waals surface area contributed by atoms with Gasteiger partial charge in [0.25, 0.3) is 0 Å². The summed E-state index contributed by atoms with van der Waals surface area (Å²) in [5.74, 6) is 0.829. The predicted octanol–water partition coefficient (Wildman–Crippen LogP) is 4.12. The van der Waals surface area contributed by atoms with Crippen LogP contribution in [-0.4, -0.2) is 11.5 Å². The molecule has 0 fully saturated rings. The number of ether oxygens (including phenoxy) is 1. The molecule has 1 aromatic carbocycles. The molecule has 1 N–H and O–H groups in total. The maximum atomic E-state index is 5.96. The molecule has 0 saturated heterocycles. The number of aromatic nitrogens is 1. The lowest BCUT2D eigenvalue weighted by atomic mass is 10.2. The Bertz CT molecular complexity index is 527. The highest BCUT2D eigenvalue weighted by atomic mass is 35.5. The quantitative estimate of drug-likeness (QED) is 0.896. The van der Waals surface area contributed by atoms with Crippen molar-refractivity contribution in [2.75, 3.05) is 11.9 Å².